The molecule has 1 aliphatic rings. The van der Waals surface area contributed by atoms with Crippen molar-refractivity contribution >= 4 is 29.7 Å². The molecule has 176 valence electrons. The van der Waals surface area contributed by atoms with Crippen molar-refractivity contribution in [1.82, 2.24) is 9.91 Å². The van der Waals surface area contributed by atoms with E-state index < -0.39 is 0 Å². The molecule has 0 spiro atoms. The zero-order valence-electron chi connectivity index (χ0n) is 19.7. The number of hydrogen-bond donors (Lipinski definition) is 0. The van der Waals surface area contributed by atoms with Gasteiger partial charge in [-0.1, -0.05) is 25.1 Å². The third kappa shape index (κ3) is 5.40. The molecule has 1 amide bonds. The summed E-state index contributed by atoms with van der Waals surface area (Å²) in [4.78, 5) is 16.9. The number of para-hydroxylation sites is 3. The van der Waals surface area contributed by atoms with Crippen molar-refractivity contribution < 1.29 is 14.3 Å². The minimum absolute atomic E-state index is 0. The average molecular weight is 463 g/mol. The maximum atomic E-state index is 12.9. The highest BCUT2D eigenvalue weighted by atomic mass is 35.5. The molecule has 1 heterocycles. The lowest BCUT2D eigenvalue weighted by atomic mass is 10.1. The zero-order chi connectivity index (χ0) is 22.4. The Morgan fingerprint density at radius 3 is 2.16 bits per heavy atom. The number of hydrogen-bond acceptors (Lipinski definition) is 6. The highest BCUT2D eigenvalue weighted by molar-refractivity contribution is 6.01. The van der Waals surface area contributed by atoms with Crippen LogP contribution in [0.2, 0.25) is 0 Å². The molecule has 1 aliphatic heterocycles. The van der Waals surface area contributed by atoms with Gasteiger partial charge in [0.15, 0.2) is 0 Å². The van der Waals surface area contributed by atoms with Crippen molar-refractivity contribution in [2.45, 2.75) is 13.3 Å². The molecule has 2 aromatic rings. The lowest BCUT2D eigenvalue weighted by Gasteiger charge is -2.44. The van der Waals surface area contributed by atoms with Crippen LogP contribution in [0.5, 0.6) is 11.5 Å². The van der Waals surface area contributed by atoms with Gasteiger partial charge in [0.25, 0.3) is 5.91 Å². The number of anilines is 2. The Morgan fingerprint density at radius 1 is 0.938 bits per heavy atom. The molecular formula is C24H35ClN4O3. The predicted octanol–water partition coefficient (Wildman–Crippen LogP) is 3.78. The van der Waals surface area contributed by atoms with Gasteiger partial charge in [0, 0.05) is 46.8 Å². The standard InChI is InChI=1S/C24H34N4O3.ClH/c1-6-14-28(23-19(24(29)25(2)3)10-9-13-22(23)31-5)27-17-15-26(16-18-27)20-11-7-8-12-21(20)30-4;/h7-13H,6,14-18H2,1-5H3;1H. The highest BCUT2D eigenvalue weighted by Crippen LogP contribution is 2.35. The van der Waals surface area contributed by atoms with Crippen molar-refractivity contribution in [3.8, 4) is 11.5 Å². The largest absolute Gasteiger partial charge is 0.495 e. The van der Waals surface area contributed by atoms with Gasteiger partial charge in [0.1, 0.15) is 17.2 Å². The van der Waals surface area contributed by atoms with Crippen molar-refractivity contribution in [2.24, 2.45) is 0 Å². The maximum absolute atomic E-state index is 12.9. The summed E-state index contributed by atoms with van der Waals surface area (Å²) in [6, 6.07) is 13.8. The molecule has 0 atom stereocenters. The molecule has 0 bridgehead atoms. The molecule has 0 aromatic heterocycles. The Hall–Kier alpha value is -2.64. The highest BCUT2D eigenvalue weighted by Gasteiger charge is 2.29. The molecular weight excluding hydrogens is 428 g/mol. The van der Waals surface area contributed by atoms with Crippen LogP contribution in [-0.4, -0.2) is 76.9 Å². The van der Waals surface area contributed by atoms with Gasteiger partial charge in [-0.15, -0.1) is 12.4 Å². The third-order valence-corrected chi connectivity index (χ3v) is 5.57. The van der Waals surface area contributed by atoms with E-state index in [1.165, 1.54) is 0 Å². The van der Waals surface area contributed by atoms with E-state index in [1.807, 2.05) is 36.4 Å². The van der Waals surface area contributed by atoms with Gasteiger partial charge < -0.3 is 24.3 Å². The number of piperazine rings is 1. The first-order valence-electron chi connectivity index (χ1n) is 10.8. The molecule has 0 saturated carbocycles. The Labute approximate surface area is 197 Å². The van der Waals surface area contributed by atoms with Crippen LogP contribution in [0, 0.1) is 0 Å². The monoisotopic (exact) mass is 462 g/mol. The summed E-state index contributed by atoms with van der Waals surface area (Å²) in [6.45, 7) is 6.38. The number of rotatable bonds is 8. The minimum atomic E-state index is -0.0253. The fourth-order valence-corrected chi connectivity index (χ4v) is 4.04. The van der Waals surface area contributed by atoms with Gasteiger partial charge in [-0.25, -0.2) is 5.01 Å². The molecule has 8 heteroatoms. The van der Waals surface area contributed by atoms with Crippen molar-refractivity contribution in [3.05, 3.63) is 48.0 Å². The van der Waals surface area contributed by atoms with Crippen LogP contribution in [0.15, 0.2) is 42.5 Å². The molecule has 32 heavy (non-hydrogen) atoms. The molecule has 1 saturated heterocycles. The molecule has 0 radical (unpaired) electrons. The van der Waals surface area contributed by atoms with Crippen LogP contribution in [0.1, 0.15) is 23.7 Å². The number of nitrogens with zero attached hydrogens (tertiary/aromatic N) is 4. The summed E-state index contributed by atoms with van der Waals surface area (Å²) in [7, 11) is 6.93. The molecule has 7 nitrogen and oxygen atoms in total. The number of benzene rings is 2. The molecule has 3 rings (SSSR count). The van der Waals surface area contributed by atoms with Crippen molar-refractivity contribution in [2.75, 3.05) is 70.9 Å². The molecule has 2 aromatic carbocycles. The van der Waals surface area contributed by atoms with E-state index in [9.17, 15) is 4.79 Å². The van der Waals surface area contributed by atoms with E-state index in [0.717, 1.165) is 56.3 Å². The van der Waals surface area contributed by atoms with Crippen LogP contribution < -0.4 is 19.4 Å². The first kappa shape index (κ1) is 25.6. The summed E-state index contributed by atoms with van der Waals surface area (Å²) < 4.78 is 11.2. The topological polar surface area (TPSA) is 48.5 Å². The summed E-state index contributed by atoms with van der Waals surface area (Å²) >= 11 is 0. The van der Waals surface area contributed by atoms with Gasteiger partial charge >= 0.3 is 0 Å². The minimum Gasteiger partial charge on any atom is -0.495 e. The molecule has 0 N–H and O–H groups in total. The average Bonchev–Trinajstić information content (AvgIpc) is 2.81. The summed E-state index contributed by atoms with van der Waals surface area (Å²) in [5, 5.41) is 4.56. The lowest BCUT2D eigenvalue weighted by molar-refractivity contribution is 0.0826. The van der Waals surface area contributed by atoms with Crippen LogP contribution in [-0.2, 0) is 0 Å². The van der Waals surface area contributed by atoms with Crippen LogP contribution in [0.4, 0.5) is 11.4 Å². The van der Waals surface area contributed by atoms with E-state index in [1.54, 1.807) is 33.2 Å². The smallest absolute Gasteiger partial charge is 0.255 e. The summed E-state index contributed by atoms with van der Waals surface area (Å²) in [5.41, 5.74) is 2.62. The lowest BCUT2D eigenvalue weighted by Crippen LogP contribution is -2.54. The van der Waals surface area contributed by atoms with E-state index in [2.05, 4.69) is 27.9 Å². The number of hydrazine groups is 1. The SMILES string of the molecule is CCCN(c1c(OC)cccc1C(=O)N(C)C)N1CCN(c2ccccc2OC)CC1.Cl. The number of carbonyl (C=O) groups excluding carboxylic acids is 1. The summed E-state index contributed by atoms with van der Waals surface area (Å²) in [5.74, 6) is 1.58. The van der Waals surface area contributed by atoms with Crippen LogP contribution in [0.3, 0.4) is 0 Å². The van der Waals surface area contributed by atoms with E-state index >= 15 is 0 Å². The van der Waals surface area contributed by atoms with Gasteiger partial charge in [-0.05, 0) is 30.7 Å². The van der Waals surface area contributed by atoms with Gasteiger partial charge in [-0.3, -0.25) is 4.79 Å². The predicted molar refractivity (Wildman–Crippen MR) is 133 cm³/mol. The molecule has 1 fully saturated rings. The summed E-state index contributed by atoms with van der Waals surface area (Å²) in [6.07, 6.45) is 0.959. The third-order valence-electron chi connectivity index (χ3n) is 5.57. The van der Waals surface area contributed by atoms with Crippen LogP contribution in [0.25, 0.3) is 0 Å². The maximum Gasteiger partial charge on any atom is 0.255 e. The first-order chi connectivity index (χ1) is 15.0. The second kappa shape index (κ2) is 11.8. The van der Waals surface area contributed by atoms with Gasteiger partial charge in [0.05, 0.1) is 25.5 Å². The first-order valence-corrected chi connectivity index (χ1v) is 10.8. The fraction of sp³-hybridized carbons (Fsp3) is 0.458. The van der Waals surface area contributed by atoms with Crippen molar-refractivity contribution in [3.63, 3.8) is 0 Å². The van der Waals surface area contributed by atoms with E-state index in [0.29, 0.717) is 11.3 Å². The molecule has 0 aliphatic carbocycles. The molecule has 0 unspecified atom stereocenters. The number of halogens is 1. The fourth-order valence-electron chi connectivity index (χ4n) is 4.04. The normalized spacial score (nSPS) is 13.8. The number of ether oxygens (including phenoxy) is 2. The van der Waals surface area contributed by atoms with Crippen LogP contribution >= 0.6 is 12.4 Å². The van der Waals surface area contributed by atoms with Gasteiger partial charge in [0.2, 0.25) is 0 Å². The Bertz CT molecular complexity index is 885. The van der Waals surface area contributed by atoms with E-state index in [-0.39, 0.29) is 18.3 Å². The Morgan fingerprint density at radius 2 is 1.56 bits per heavy atom. The second-order valence-corrected chi connectivity index (χ2v) is 7.79. The number of amides is 1. The number of methoxy groups -OCH3 is 2. The van der Waals surface area contributed by atoms with Crippen molar-refractivity contribution in [1.29, 1.82) is 0 Å². The Balaban J connectivity index is 0.00000363. The van der Waals surface area contributed by atoms with E-state index in [4.69, 9.17) is 9.47 Å². The second-order valence-electron chi connectivity index (χ2n) is 7.79. The zero-order valence-corrected chi connectivity index (χ0v) is 20.5. The number of carbonyl (C=O) groups is 1. The Kier molecular flexibility index (Phi) is 9.47. The quantitative estimate of drug-likeness (QED) is 0.595. The van der Waals surface area contributed by atoms with Gasteiger partial charge in [-0.2, -0.15) is 0 Å².